The molecule has 5 nitrogen and oxygen atoms in total. The molecule has 0 aliphatic carbocycles. The minimum Gasteiger partial charge on any atom is -0.355 e. The second-order valence-electron chi connectivity index (χ2n) is 4.63. The summed E-state index contributed by atoms with van der Waals surface area (Å²) >= 11 is 0. The molecule has 1 aromatic carbocycles. The van der Waals surface area contributed by atoms with Crippen molar-refractivity contribution in [1.29, 1.82) is 0 Å². The molecular formula is C15H24ClN3O2. The summed E-state index contributed by atoms with van der Waals surface area (Å²) in [5.41, 5.74) is 6.47. The molecule has 118 valence electrons. The van der Waals surface area contributed by atoms with Gasteiger partial charge in [0.1, 0.15) is 0 Å². The summed E-state index contributed by atoms with van der Waals surface area (Å²) in [5, 5.41) is 5.20. The summed E-state index contributed by atoms with van der Waals surface area (Å²) in [6, 6.07) is 10.4. The molecular weight excluding hydrogens is 290 g/mol. The lowest BCUT2D eigenvalue weighted by molar-refractivity contribution is -0.125. The van der Waals surface area contributed by atoms with Crippen molar-refractivity contribution in [2.24, 2.45) is 5.73 Å². The Hall–Kier alpha value is -1.59. The zero-order valence-electron chi connectivity index (χ0n) is 12.1. The second-order valence-corrected chi connectivity index (χ2v) is 4.63. The molecule has 6 heteroatoms. The maximum absolute atomic E-state index is 11.4. The molecule has 0 radical (unpaired) electrons. The van der Waals surface area contributed by atoms with Crippen LogP contribution in [-0.4, -0.2) is 31.4 Å². The number of amides is 2. The SMILES string of the molecule is Cl.NCC(=O)NCC(=O)NCCCCCc1ccccc1. The number of rotatable bonds is 9. The number of unbranched alkanes of at least 4 members (excludes halogenated alkanes) is 2. The molecule has 2 amide bonds. The normalized spacial score (nSPS) is 9.57. The van der Waals surface area contributed by atoms with Gasteiger partial charge in [0, 0.05) is 6.54 Å². The molecule has 4 N–H and O–H groups in total. The summed E-state index contributed by atoms with van der Waals surface area (Å²) in [4.78, 5) is 22.2. The van der Waals surface area contributed by atoms with E-state index < -0.39 is 0 Å². The smallest absolute Gasteiger partial charge is 0.239 e. The van der Waals surface area contributed by atoms with Crippen LogP contribution in [0.2, 0.25) is 0 Å². The molecule has 0 aliphatic heterocycles. The van der Waals surface area contributed by atoms with E-state index >= 15 is 0 Å². The van der Waals surface area contributed by atoms with Crippen LogP contribution in [0.5, 0.6) is 0 Å². The van der Waals surface area contributed by atoms with Crippen molar-refractivity contribution in [2.45, 2.75) is 25.7 Å². The summed E-state index contributed by atoms with van der Waals surface area (Å²) < 4.78 is 0. The van der Waals surface area contributed by atoms with Crippen molar-refractivity contribution in [1.82, 2.24) is 10.6 Å². The van der Waals surface area contributed by atoms with E-state index in [1.807, 2.05) is 18.2 Å². The number of nitrogens with one attached hydrogen (secondary N) is 2. The van der Waals surface area contributed by atoms with Gasteiger partial charge < -0.3 is 16.4 Å². The van der Waals surface area contributed by atoms with Crippen LogP contribution in [0.4, 0.5) is 0 Å². The lowest BCUT2D eigenvalue weighted by Gasteiger charge is -2.06. The molecule has 0 spiro atoms. The third kappa shape index (κ3) is 9.87. The van der Waals surface area contributed by atoms with E-state index in [9.17, 15) is 9.59 Å². The van der Waals surface area contributed by atoms with Crippen LogP contribution >= 0.6 is 12.4 Å². The highest BCUT2D eigenvalue weighted by Gasteiger charge is 2.02. The average molecular weight is 314 g/mol. The number of aryl methyl sites for hydroxylation is 1. The molecule has 21 heavy (non-hydrogen) atoms. The van der Waals surface area contributed by atoms with Gasteiger partial charge in [-0.3, -0.25) is 9.59 Å². The Bertz CT molecular complexity index is 413. The monoisotopic (exact) mass is 313 g/mol. The summed E-state index contributed by atoms with van der Waals surface area (Å²) in [7, 11) is 0. The van der Waals surface area contributed by atoms with Crippen molar-refractivity contribution in [3.8, 4) is 0 Å². The Morgan fingerprint density at radius 3 is 2.33 bits per heavy atom. The fourth-order valence-corrected chi connectivity index (χ4v) is 1.82. The topological polar surface area (TPSA) is 84.2 Å². The Labute approximate surface area is 132 Å². The summed E-state index contributed by atoms with van der Waals surface area (Å²) in [5.74, 6) is -0.488. The minimum atomic E-state index is -0.317. The van der Waals surface area contributed by atoms with E-state index in [1.165, 1.54) is 5.56 Å². The molecule has 0 bridgehead atoms. The first-order valence-corrected chi connectivity index (χ1v) is 6.99. The van der Waals surface area contributed by atoms with Crippen molar-refractivity contribution >= 4 is 24.2 Å². The van der Waals surface area contributed by atoms with Crippen LogP contribution < -0.4 is 16.4 Å². The van der Waals surface area contributed by atoms with Gasteiger partial charge in [0.25, 0.3) is 0 Å². The first-order chi connectivity index (χ1) is 9.72. The maximum Gasteiger partial charge on any atom is 0.239 e. The Morgan fingerprint density at radius 2 is 1.67 bits per heavy atom. The van der Waals surface area contributed by atoms with Crippen LogP contribution in [0.15, 0.2) is 30.3 Å². The highest BCUT2D eigenvalue weighted by atomic mass is 35.5. The fourth-order valence-electron chi connectivity index (χ4n) is 1.82. The van der Waals surface area contributed by atoms with Gasteiger partial charge in [0.05, 0.1) is 13.1 Å². The predicted molar refractivity (Wildman–Crippen MR) is 86.3 cm³/mol. The van der Waals surface area contributed by atoms with Gasteiger partial charge >= 0.3 is 0 Å². The molecule has 0 unspecified atom stereocenters. The van der Waals surface area contributed by atoms with Crippen LogP contribution in [0.25, 0.3) is 0 Å². The minimum absolute atomic E-state index is 0. The van der Waals surface area contributed by atoms with Crippen LogP contribution in [0, 0.1) is 0 Å². The maximum atomic E-state index is 11.4. The molecule has 0 aromatic heterocycles. The zero-order chi connectivity index (χ0) is 14.6. The van der Waals surface area contributed by atoms with Crippen molar-refractivity contribution < 1.29 is 9.59 Å². The number of nitrogens with two attached hydrogens (primary N) is 1. The van der Waals surface area contributed by atoms with Gasteiger partial charge in [-0.15, -0.1) is 12.4 Å². The van der Waals surface area contributed by atoms with Gasteiger partial charge in [0.15, 0.2) is 0 Å². The lowest BCUT2D eigenvalue weighted by Crippen LogP contribution is -2.39. The van der Waals surface area contributed by atoms with E-state index in [2.05, 4.69) is 22.8 Å². The third-order valence-electron chi connectivity index (χ3n) is 2.94. The molecule has 1 rings (SSSR count). The molecule has 0 fully saturated rings. The second kappa shape index (κ2) is 12.2. The number of benzene rings is 1. The number of hydrogen-bond donors (Lipinski definition) is 3. The molecule has 0 heterocycles. The van der Waals surface area contributed by atoms with E-state index in [-0.39, 0.29) is 37.3 Å². The molecule has 0 saturated carbocycles. The van der Waals surface area contributed by atoms with E-state index in [0.717, 1.165) is 25.7 Å². The quantitative estimate of drug-likeness (QED) is 0.595. The Kier molecular flexibility index (Phi) is 11.3. The predicted octanol–water partition coefficient (Wildman–Crippen LogP) is 1.01. The molecule has 0 atom stereocenters. The van der Waals surface area contributed by atoms with Gasteiger partial charge in [-0.25, -0.2) is 0 Å². The van der Waals surface area contributed by atoms with Crippen LogP contribution in [-0.2, 0) is 16.0 Å². The summed E-state index contributed by atoms with van der Waals surface area (Å²) in [6.07, 6.45) is 4.21. The van der Waals surface area contributed by atoms with Gasteiger partial charge in [0.2, 0.25) is 11.8 Å². The van der Waals surface area contributed by atoms with Gasteiger partial charge in [-0.2, -0.15) is 0 Å². The number of halogens is 1. The largest absolute Gasteiger partial charge is 0.355 e. The average Bonchev–Trinajstić information content (AvgIpc) is 2.49. The van der Waals surface area contributed by atoms with Crippen LogP contribution in [0.1, 0.15) is 24.8 Å². The number of hydrogen-bond acceptors (Lipinski definition) is 3. The molecule has 0 aliphatic rings. The highest BCUT2D eigenvalue weighted by molar-refractivity contribution is 5.85. The van der Waals surface area contributed by atoms with Crippen LogP contribution in [0.3, 0.4) is 0 Å². The Balaban J connectivity index is 0.00000400. The fraction of sp³-hybridized carbons (Fsp3) is 0.467. The number of carbonyl (C=O) groups excluding carboxylic acids is 2. The number of carbonyl (C=O) groups is 2. The standard InChI is InChI=1S/C15H23N3O2.ClH/c16-11-14(19)18-12-15(20)17-10-6-2-5-9-13-7-3-1-4-8-13;/h1,3-4,7-8H,2,5-6,9-12,16H2,(H,17,20)(H,18,19);1H. The van der Waals surface area contributed by atoms with E-state index in [1.54, 1.807) is 0 Å². The van der Waals surface area contributed by atoms with Crippen molar-refractivity contribution in [3.05, 3.63) is 35.9 Å². The van der Waals surface area contributed by atoms with Crippen molar-refractivity contribution in [2.75, 3.05) is 19.6 Å². The van der Waals surface area contributed by atoms with E-state index in [4.69, 9.17) is 5.73 Å². The van der Waals surface area contributed by atoms with Gasteiger partial charge in [-0.05, 0) is 24.8 Å². The van der Waals surface area contributed by atoms with E-state index in [0.29, 0.717) is 6.54 Å². The highest BCUT2D eigenvalue weighted by Crippen LogP contribution is 2.05. The lowest BCUT2D eigenvalue weighted by atomic mass is 10.1. The first kappa shape index (κ1) is 19.4. The van der Waals surface area contributed by atoms with Gasteiger partial charge in [-0.1, -0.05) is 36.8 Å². The molecule has 0 saturated heterocycles. The third-order valence-corrected chi connectivity index (χ3v) is 2.94. The summed E-state index contributed by atoms with van der Waals surface area (Å²) in [6.45, 7) is 0.554. The van der Waals surface area contributed by atoms with Crippen molar-refractivity contribution in [3.63, 3.8) is 0 Å². The molecule has 1 aromatic rings. The first-order valence-electron chi connectivity index (χ1n) is 6.99. The Morgan fingerprint density at radius 1 is 0.952 bits per heavy atom. The zero-order valence-corrected chi connectivity index (χ0v) is 13.0.